The van der Waals surface area contributed by atoms with Crippen LogP contribution >= 0.6 is 0 Å². The number of benzene rings is 2. The molecule has 3 aromatic rings. The lowest BCUT2D eigenvalue weighted by molar-refractivity contribution is 0.0951. The fraction of sp³-hybridized carbons (Fsp3) is 0.250. The Labute approximate surface area is 176 Å². The van der Waals surface area contributed by atoms with Crippen LogP contribution in [0, 0.1) is 6.92 Å². The van der Waals surface area contributed by atoms with Crippen LogP contribution in [0.25, 0.3) is 11.1 Å². The van der Waals surface area contributed by atoms with Gasteiger partial charge in [0.15, 0.2) is 0 Å². The molecule has 6 nitrogen and oxygen atoms in total. The molecular weight excluding hydrogens is 378 g/mol. The smallest absolute Gasteiger partial charge is 0.258 e. The van der Waals surface area contributed by atoms with Gasteiger partial charge in [0, 0.05) is 17.8 Å². The second kappa shape index (κ2) is 9.89. The summed E-state index contributed by atoms with van der Waals surface area (Å²) in [6, 6.07) is 14.9. The molecular formula is C24H27N3O3. The van der Waals surface area contributed by atoms with Gasteiger partial charge in [0.1, 0.15) is 6.26 Å². The van der Waals surface area contributed by atoms with Crippen molar-refractivity contribution < 1.29 is 14.0 Å². The van der Waals surface area contributed by atoms with Crippen LogP contribution in [0.1, 0.15) is 32.7 Å². The van der Waals surface area contributed by atoms with Gasteiger partial charge in [-0.05, 0) is 81.0 Å². The SMILES string of the molecule is Cc1ccc(NC(=O)c2ccoc2)cc1-c1ccc(C(=O)NCCCN(C)C)cc1. The highest BCUT2D eigenvalue weighted by Crippen LogP contribution is 2.27. The van der Waals surface area contributed by atoms with Crippen LogP contribution in [0.4, 0.5) is 5.69 Å². The third-order valence-electron chi connectivity index (χ3n) is 4.80. The molecule has 0 radical (unpaired) electrons. The van der Waals surface area contributed by atoms with E-state index in [0.717, 1.165) is 29.7 Å². The molecule has 2 N–H and O–H groups in total. The minimum Gasteiger partial charge on any atom is -0.472 e. The van der Waals surface area contributed by atoms with Gasteiger partial charge in [-0.2, -0.15) is 0 Å². The molecule has 0 saturated heterocycles. The molecule has 30 heavy (non-hydrogen) atoms. The molecule has 2 amide bonds. The molecule has 0 aliphatic carbocycles. The maximum atomic E-state index is 12.3. The Bertz CT molecular complexity index is 993. The monoisotopic (exact) mass is 405 g/mol. The molecule has 156 valence electrons. The van der Waals surface area contributed by atoms with Gasteiger partial charge in [-0.3, -0.25) is 9.59 Å². The quantitative estimate of drug-likeness (QED) is 0.551. The van der Waals surface area contributed by atoms with E-state index in [4.69, 9.17) is 4.42 Å². The third kappa shape index (κ3) is 5.58. The Balaban J connectivity index is 1.68. The maximum absolute atomic E-state index is 12.3. The van der Waals surface area contributed by atoms with Crippen LogP contribution in [0.5, 0.6) is 0 Å². The van der Waals surface area contributed by atoms with Gasteiger partial charge in [0.05, 0.1) is 11.8 Å². The van der Waals surface area contributed by atoms with Gasteiger partial charge in [0.25, 0.3) is 11.8 Å². The van der Waals surface area contributed by atoms with Crippen LogP contribution in [0.15, 0.2) is 65.5 Å². The lowest BCUT2D eigenvalue weighted by Crippen LogP contribution is -2.27. The Kier molecular flexibility index (Phi) is 7.03. The molecule has 2 aromatic carbocycles. The van der Waals surface area contributed by atoms with E-state index in [1.165, 1.54) is 12.5 Å². The van der Waals surface area contributed by atoms with Crippen molar-refractivity contribution in [2.45, 2.75) is 13.3 Å². The number of anilines is 1. The highest BCUT2D eigenvalue weighted by Gasteiger charge is 2.10. The molecule has 0 atom stereocenters. The first-order valence-electron chi connectivity index (χ1n) is 9.91. The molecule has 0 saturated carbocycles. The largest absolute Gasteiger partial charge is 0.472 e. The third-order valence-corrected chi connectivity index (χ3v) is 4.80. The number of aryl methyl sites for hydroxylation is 1. The summed E-state index contributed by atoms with van der Waals surface area (Å²) in [5, 5.41) is 5.83. The summed E-state index contributed by atoms with van der Waals surface area (Å²) >= 11 is 0. The normalized spacial score (nSPS) is 10.8. The summed E-state index contributed by atoms with van der Waals surface area (Å²) in [5.74, 6) is -0.294. The molecule has 0 aliphatic rings. The van der Waals surface area contributed by atoms with Crippen molar-refractivity contribution in [2.24, 2.45) is 0 Å². The van der Waals surface area contributed by atoms with Crippen LogP contribution in [-0.2, 0) is 0 Å². The predicted molar refractivity (Wildman–Crippen MR) is 119 cm³/mol. The first-order valence-corrected chi connectivity index (χ1v) is 9.91. The Morgan fingerprint density at radius 1 is 0.967 bits per heavy atom. The first kappa shape index (κ1) is 21.3. The van der Waals surface area contributed by atoms with E-state index in [2.05, 4.69) is 15.5 Å². The van der Waals surface area contributed by atoms with Gasteiger partial charge in [-0.15, -0.1) is 0 Å². The second-order valence-electron chi connectivity index (χ2n) is 7.49. The number of carbonyl (C=O) groups excluding carboxylic acids is 2. The van der Waals surface area contributed by atoms with E-state index < -0.39 is 0 Å². The van der Waals surface area contributed by atoms with Crippen molar-refractivity contribution in [3.8, 4) is 11.1 Å². The Morgan fingerprint density at radius 3 is 2.40 bits per heavy atom. The van der Waals surface area contributed by atoms with Crippen molar-refractivity contribution in [2.75, 3.05) is 32.5 Å². The number of nitrogens with zero attached hydrogens (tertiary/aromatic N) is 1. The molecule has 1 aromatic heterocycles. The van der Waals surface area contributed by atoms with Crippen LogP contribution in [0.2, 0.25) is 0 Å². The first-order chi connectivity index (χ1) is 14.4. The number of rotatable bonds is 8. The predicted octanol–water partition coefficient (Wildman–Crippen LogP) is 4.19. The van der Waals surface area contributed by atoms with E-state index in [9.17, 15) is 9.59 Å². The molecule has 6 heteroatoms. The molecule has 0 bridgehead atoms. The number of amides is 2. The van der Waals surface area contributed by atoms with Gasteiger partial charge in [-0.1, -0.05) is 18.2 Å². The minimum absolute atomic E-state index is 0.0712. The average Bonchev–Trinajstić information content (AvgIpc) is 3.27. The zero-order valence-corrected chi connectivity index (χ0v) is 17.6. The highest BCUT2D eigenvalue weighted by atomic mass is 16.3. The van der Waals surface area contributed by atoms with Crippen LogP contribution in [0.3, 0.4) is 0 Å². The molecule has 1 heterocycles. The summed E-state index contributed by atoms with van der Waals surface area (Å²) in [4.78, 5) is 26.7. The summed E-state index contributed by atoms with van der Waals surface area (Å²) in [6.07, 6.45) is 3.79. The van der Waals surface area contributed by atoms with Crippen molar-refractivity contribution in [1.29, 1.82) is 0 Å². The highest BCUT2D eigenvalue weighted by molar-refractivity contribution is 6.04. The Hall–Kier alpha value is -3.38. The molecule has 0 unspecified atom stereocenters. The molecule has 0 spiro atoms. The van der Waals surface area contributed by atoms with Crippen LogP contribution < -0.4 is 10.6 Å². The van der Waals surface area contributed by atoms with E-state index >= 15 is 0 Å². The van der Waals surface area contributed by atoms with Crippen molar-refractivity contribution >= 4 is 17.5 Å². The summed E-state index contributed by atoms with van der Waals surface area (Å²) in [6.45, 7) is 3.60. The van der Waals surface area contributed by atoms with Gasteiger partial charge in [0.2, 0.25) is 0 Å². The van der Waals surface area contributed by atoms with Gasteiger partial charge < -0.3 is 20.0 Å². The number of furan rings is 1. The lowest BCUT2D eigenvalue weighted by atomic mass is 9.98. The van der Waals surface area contributed by atoms with E-state index in [-0.39, 0.29) is 11.8 Å². The fourth-order valence-electron chi connectivity index (χ4n) is 3.11. The number of hydrogen-bond acceptors (Lipinski definition) is 4. The molecule has 0 aliphatic heterocycles. The van der Waals surface area contributed by atoms with E-state index in [1.807, 2.05) is 63.5 Å². The summed E-state index contributed by atoms with van der Waals surface area (Å²) in [5.41, 5.74) is 4.86. The second-order valence-corrected chi connectivity index (χ2v) is 7.49. The lowest BCUT2D eigenvalue weighted by Gasteiger charge is -2.12. The average molecular weight is 405 g/mol. The van der Waals surface area contributed by atoms with Gasteiger partial charge >= 0.3 is 0 Å². The molecule has 3 rings (SSSR count). The maximum Gasteiger partial charge on any atom is 0.258 e. The zero-order valence-electron chi connectivity index (χ0n) is 17.6. The standard InChI is InChI=1S/C24H27N3O3/c1-17-5-10-21(26-24(29)20-11-14-30-16-20)15-22(17)18-6-8-19(9-7-18)23(28)25-12-4-13-27(2)3/h5-11,14-16H,4,12-13H2,1-3H3,(H,25,28)(H,26,29). The number of carbonyl (C=O) groups is 2. The Morgan fingerprint density at radius 2 is 1.73 bits per heavy atom. The van der Waals surface area contributed by atoms with Crippen molar-refractivity contribution in [1.82, 2.24) is 10.2 Å². The fourth-order valence-corrected chi connectivity index (χ4v) is 3.11. The molecule has 0 fully saturated rings. The van der Waals surface area contributed by atoms with Crippen LogP contribution in [-0.4, -0.2) is 43.9 Å². The minimum atomic E-state index is -0.222. The van der Waals surface area contributed by atoms with E-state index in [0.29, 0.717) is 23.4 Å². The number of nitrogens with one attached hydrogen (secondary N) is 2. The zero-order chi connectivity index (χ0) is 21.5. The summed E-state index contributed by atoms with van der Waals surface area (Å²) in [7, 11) is 4.03. The van der Waals surface area contributed by atoms with E-state index in [1.54, 1.807) is 6.07 Å². The van der Waals surface area contributed by atoms with Gasteiger partial charge in [-0.25, -0.2) is 0 Å². The topological polar surface area (TPSA) is 74.6 Å². The van der Waals surface area contributed by atoms with Crippen molar-refractivity contribution in [3.05, 3.63) is 77.7 Å². The van der Waals surface area contributed by atoms with Crippen molar-refractivity contribution in [3.63, 3.8) is 0 Å². The summed E-state index contributed by atoms with van der Waals surface area (Å²) < 4.78 is 4.96. The number of hydrogen-bond donors (Lipinski definition) is 2.